The van der Waals surface area contributed by atoms with Gasteiger partial charge in [-0.3, -0.25) is 4.79 Å². The lowest BCUT2D eigenvalue weighted by Crippen LogP contribution is -2.36. The normalized spacial score (nSPS) is 12.4. The van der Waals surface area contributed by atoms with Crippen LogP contribution in [0, 0.1) is 0 Å². The molecule has 0 aliphatic rings. The van der Waals surface area contributed by atoms with Crippen LogP contribution in [0.3, 0.4) is 0 Å². The summed E-state index contributed by atoms with van der Waals surface area (Å²) >= 11 is 5.70. The summed E-state index contributed by atoms with van der Waals surface area (Å²) < 4.78 is 37.3. The van der Waals surface area contributed by atoms with E-state index in [9.17, 15) is 18.0 Å². The van der Waals surface area contributed by atoms with E-state index in [-0.39, 0.29) is 17.1 Å². The quantitative estimate of drug-likeness (QED) is 0.897. The molecule has 7 heteroatoms. The van der Waals surface area contributed by atoms with Gasteiger partial charge in [0.15, 0.2) is 0 Å². The Morgan fingerprint density at radius 1 is 1.37 bits per heavy atom. The topological polar surface area (TPSA) is 55.1 Å². The molecule has 1 aromatic rings. The predicted octanol–water partition coefficient (Wildman–Crippen LogP) is 3.42. The van der Waals surface area contributed by atoms with Crippen LogP contribution in [-0.2, 0) is 11.0 Å². The van der Waals surface area contributed by atoms with Crippen molar-refractivity contribution in [3.63, 3.8) is 0 Å². The number of amides is 1. The number of nitrogens with one attached hydrogen (secondary N) is 1. The molecule has 0 unspecified atom stereocenters. The molecule has 0 fully saturated rings. The molecule has 0 spiro atoms. The number of halogens is 4. The van der Waals surface area contributed by atoms with Crippen LogP contribution >= 0.6 is 11.6 Å². The molecule has 0 atom stereocenters. The highest BCUT2D eigenvalue weighted by Crippen LogP contribution is 2.33. The highest BCUT2D eigenvalue weighted by molar-refractivity contribution is 6.33. The number of alkyl halides is 3. The van der Waals surface area contributed by atoms with Crippen LogP contribution in [-0.4, -0.2) is 11.4 Å². The van der Waals surface area contributed by atoms with Crippen molar-refractivity contribution in [2.75, 3.05) is 5.32 Å². The highest BCUT2D eigenvalue weighted by atomic mass is 35.5. The molecule has 0 saturated carbocycles. The van der Waals surface area contributed by atoms with E-state index in [0.29, 0.717) is 0 Å². The van der Waals surface area contributed by atoms with Crippen molar-refractivity contribution in [1.82, 2.24) is 0 Å². The summed E-state index contributed by atoms with van der Waals surface area (Å²) in [6.07, 6.45) is -4.43. The summed E-state index contributed by atoms with van der Waals surface area (Å²) in [6.45, 7) is 3.34. The second-order valence-corrected chi connectivity index (χ2v) is 5.31. The summed E-state index contributed by atoms with van der Waals surface area (Å²) in [5.74, 6) is -0.408. The lowest BCUT2D eigenvalue weighted by molar-refractivity contribution is -0.137. The minimum absolute atomic E-state index is 0.0321. The number of benzene rings is 1. The fourth-order valence-electron chi connectivity index (χ4n) is 1.40. The van der Waals surface area contributed by atoms with E-state index in [4.69, 9.17) is 17.3 Å². The third-order valence-corrected chi connectivity index (χ3v) is 2.50. The summed E-state index contributed by atoms with van der Waals surface area (Å²) in [4.78, 5) is 11.6. The monoisotopic (exact) mass is 294 g/mol. The molecule has 106 valence electrons. The van der Waals surface area contributed by atoms with E-state index in [0.717, 1.165) is 18.2 Å². The number of carbonyl (C=O) groups excluding carboxylic acids is 1. The first-order chi connectivity index (χ1) is 8.49. The number of carbonyl (C=O) groups is 1. The Balaban J connectivity index is 2.84. The Bertz CT molecular complexity index is 481. The van der Waals surface area contributed by atoms with Gasteiger partial charge in [-0.05, 0) is 32.0 Å². The summed E-state index contributed by atoms with van der Waals surface area (Å²) in [5, 5.41) is 2.26. The standard InChI is InChI=1S/C12H14ClF3N2O/c1-11(2,17)6-10(19)18-9-4-3-7(5-8(9)13)12(14,15)16/h3-5H,6,17H2,1-2H3,(H,18,19). The first kappa shape index (κ1) is 15.8. The van der Waals surface area contributed by atoms with E-state index in [1.165, 1.54) is 0 Å². The molecule has 0 bridgehead atoms. The smallest absolute Gasteiger partial charge is 0.325 e. The van der Waals surface area contributed by atoms with Gasteiger partial charge in [-0.2, -0.15) is 13.2 Å². The van der Waals surface area contributed by atoms with Gasteiger partial charge in [0.25, 0.3) is 0 Å². The molecule has 0 saturated heterocycles. The molecule has 1 amide bonds. The van der Waals surface area contributed by atoms with Gasteiger partial charge in [0.2, 0.25) is 5.91 Å². The van der Waals surface area contributed by atoms with Crippen molar-refractivity contribution < 1.29 is 18.0 Å². The van der Waals surface area contributed by atoms with Crippen LogP contribution in [0.1, 0.15) is 25.8 Å². The SMILES string of the molecule is CC(C)(N)CC(=O)Nc1ccc(C(F)(F)F)cc1Cl. The van der Waals surface area contributed by atoms with Crippen LogP contribution in [0.4, 0.5) is 18.9 Å². The average Bonchev–Trinajstić information content (AvgIpc) is 2.16. The minimum Gasteiger partial charge on any atom is -0.325 e. The van der Waals surface area contributed by atoms with Crippen LogP contribution in [0.2, 0.25) is 5.02 Å². The highest BCUT2D eigenvalue weighted by Gasteiger charge is 2.31. The molecule has 0 radical (unpaired) electrons. The van der Waals surface area contributed by atoms with Gasteiger partial charge in [0.05, 0.1) is 16.3 Å². The zero-order chi connectivity index (χ0) is 14.8. The summed E-state index contributed by atoms with van der Waals surface area (Å²) in [7, 11) is 0. The largest absolute Gasteiger partial charge is 0.416 e. The second kappa shape index (κ2) is 5.38. The maximum Gasteiger partial charge on any atom is 0.416 e. The van der Waals surface area contributed by atoms with E-state index >= 15 is 0 Å². The number of rotatable bonds is 3. The first-order valence-corrected chi connectivity index (χ1v) is 5.82. The van der Waals surface area contributed by atoms with Gasteiger partial charge in [0.1, 0.15) is 0 Å². The van der Waals surface area contributed by atoms with E-state index in [1.807, 2.05) is 0 Å². The lowest BCUT2D eigenvalue weighted by atomic mass is 10.0. The molecule has 19 heavy (non-hydrogen) atoms. The van der Waals surface area contributed by atoms with Crippen molar-refractivity contribution in [1.29, 1.82) is 0 Å². The van der Waals surface area contributed by atoms with Crippen LogP contribution in [0.5, 0.6) is 0 Å². The zero-order valence-electron chi connectivity index (χ0n) is 10.4. The van der Waals surface area contributed by atoms with Crippen molar-refractivity contribution >= 4 is 23.2 Å². The van der Waals surface area contributed by atoms with Crippen molar-refractivity contribution in [2.45, 2.75) is 32.0 Å². The molecular formula is C12H14ClF3N2O. The number of hydrogen-bond acceptors (Lipinski definition) is 2. The Kier molecular flexibility index (Phi) is 4.47. The van der Waals surface area contributed by atoms with Gasteiger partial charge in [-0.15, -0.1) is 0 Å². The second-order valence-electron chi connectivity index (χ2n) is 4.91. The summed E-state index contributed by atoms with van der Waals surface area (Å²) in [6, 6.07) is 2.74. The zero-order valence-corrected chi connectivity index (χ0v) is 11.2. The number of hydrogen-bond donors (Lipinski definition) is 2. The van der Waals surface area contributed by atoms with Crippen molar-refractivity contribution in [2.24, 2.45) is 5.73 Å². The Morgan fingerprint density at radius 3 is 2.37 bits per heavy atom. The molecule has 1 aromatic carbocycles. The first-order valence-electron chi connectivity index (χ1n) is 5.44. The fraction of sp³-hybridized carbons (Fsp3) is 0.417. The molecule has 0 aromatic heterocycles. The average molecular weight is 295 g/mol. The van der Waals surface area contributed by atoms with Gasteiger partial charge in [0, 0.05) is 12.0 Å². The van der Waals surface area contributed by atoms with Gasteiger partial charge >= 0.3 is 6.18 Å². The molecule has 1 rings (SSSR count). The Hall–Kier alpha value is -1.27. The number of anilines is 1. The Labute approximate surface area is 113 Å². The lowest BCUT2D eigenvalue weighted by Gasteiger charge is -2.18. The van der Waals surface area contributed by atoms with Gasteiger partial charge < -0.3 is 11.1 Å². The molecule has 0 aliphatic carbocycles. The molecule has 3 N–H and O–H groups in total. The van der Waals surface area contributed by atoms with Gasteiger partial charge in [-0.25, -0.2) is 0 Å². The predicted molar refractivity (Wildman–Crippen MR) is 68.0 cm³/mol. The molecule has 0 heterocycles. The molecule has 0 aliphatic heterocycles. The minimum atomic E-state index is -4.47. The maximum absolute atomic E-state index is 12.4. The maximum atomic E-state index is 12.4. The van der Waals surface area contributed by atoms with Crippen molar-refractivity contribution in [3.05, 3.63) is 28.8 Å². The third kappa shape index (κ3) is 5.08. The van der Waals surface area contributed by atoms with Crippen molar-refractivity contribution in [3.8, 4) is 0 Å². The van der Waals surface area contributed by atoms with Crippen LogP contribution < -0.4 is 11.1 Å². The van der Waals surface area contributed by atoms with Crippen LogP contribution in [0.25, 0.3) is 0 Å². The van der Waals surface area contributed by atoms with Crippen LogP contribution in [0.15, 0.2) is 18.2 Å². The van der Waals surface area contributed by atoms with Gasteiger partial charge in [-0.1, -0.05) is 11.6 Å². The van der Waals surface area contributed by atoms with E-state index in [2.05, 4.69) is 5.32 Å². The van der Waals surface area contributed by atoms with E-state index in [1.54, 1.807) is 13.8 Å². The fourth-order valence-corrected chi connectivity index (χ4v) is 1.63. The molecular weight excluding hydrogens is 281 g/mol. The third-order valence-electron chi connectivity index (χ3n) is 2.19. The van der Waals surface area contributed by atoms with E-state index < -0.39 is 23.2 Å². The Morgan fingerprint density at radius 2 is 1.95 bits per heavy atom. The molecule has 3 nitrogen and oxygen atoms in total. The number of nitrogens with two attached hydrogens (primary N) is 1. The summed E-state index contributed by atoms with van der Waals surface area (Å²) in [5.41, 5.74) is 4.22.